The molecule has 0 bridgehead atoms. The summed E-state index contributed by atoms with van der Waals surface area (Å²) in [5.41, 5.74) is 2.15. The predicted octanol–water partition coefficient (Wildman–Crippen LogP) is 1.84. The minimum Gasteiger partial charge on any atom is -0.325 e. The number of anilines is 1. The molecule has 0 aromatic heterocycles. The summed E-state index contributed by atoms with van der Waals surface area (Å²) < 4.78 is 12.5. The number of amides is 1. The van der Waals surface area contributed by atoms with E-state index in [0.717, 1.165) is 5.56 Å². The van der Waals surface area contributed by atoms with Gasteiger partial charge >= 0.3 is 0 Å². The van der Waals surface area contributed by atoms with E-state index in [1.165, 1.54) is 0 Å². The first-order chi connectivity index (χ1) is 6.31. The highest BCUT2D eigenvalue weighted by molar-refractivity contribution is 5.94. The standard InChI is InChI=1S/C10H9FNO/c11-6-8-3-1-2-7-4-5-9(13)12-10(7)8/h2-3H,4-6H2,(H,12,13). The summed E-state index contributed by atoms with van der Waals surface area (Å²) >= 11 is 0. The molecule has 1 aliphatic heterocycles. The predicted molar refractivity (Wildman–Crippen MR) is 47.0 cm³/mol. The molecule has 0 fully saturated rings. The molecular weight excluding hydrogens is 169 g/mol. The van der Waals surface area contributed by atoms with Gasteiger partial charge in [0.15, 0.2) is 0 Å². The molecule has 3 heteroatoms. The Morgan fingerprint density at radius 3 is 3.08 bits per heavy atom. The molecule has 1 radical (unpaired) electrons. The topological polar surface area (TPSA) is 29.1 Å². The van der Waals surface area contributed by atoms with Crippen molar-refractivity contribution in [3.8, 4) is 0 Å². The SMILES string of the molecule is O=C1CCc2c[c]cc(CF)c2N1. The van der Waals surface area contributed by atoms with Crippen molar-refractivity contribution >= 4 is 11.6 Å². The largest absolute Gasteiger partial charge is 0.325 e. The smallest absolute Gasteiger partial charge is 0.224 e. The van der Waals surface area contributed by atoms with Gasteiger partial charge in [-0.1, -0.05) is 0 Å². The minimum absolute atomic E-state index is 0.0339. The monoisotopic (exact) mass is 178 g/mol. The molecule has 67 valence electrons. The quantitative estimate of drug-likeness (QED) is 0.698. The summed E-state index contributed by atoms with van der Waals surface area (Å²) in [6, 6.07) is 6.24. The Labute approximate surface area is 75.8 Å². The van der Waals surface area contributed by atoms with Gasteiger partial charge in [-0.3, -0.25) is 4.79 Å². The normalized spacial score (nSPS) is 15.0. The first kappa shape index (κ1) is 8.23. The van der Waals surface area contributed by atoms with Crippen LogP contribution in [0.15, 0.2) is 12.1 Å². The van der Waals surface area contributed by atoms with Crippen molar-refractivity contribution in [3.05, 3.63) is 29.3 Å². The van der Waals surface area contributed by atoms with Gasteiger partial charge in [0.1, 0.15) is 6.67 Å². The molecule has 0 spiro atoms. The van der Waals surface area contributed by atoms with Gasteiger partial charge in [0.05, 0.1) is 0 Å². The minimum atomic E-state index is -0.556. The third kappa shape index (κ3) is 1.41. The van der Waals surface area contributed by atoms with Crippen molar-refractivity contribution in [1.29, 1.82) is 0 Å². The van der Waals surface area contributed by atoms with Crippen LogP contribution in [-0.2, 0) is 17.9 Å². The molecule has 0 saturated heterocycles. The van der Waals surface area contributed by atoms with Crippen molar-refractivity contribution in [3.63, 3.8) is 0 Å². The van der Waals surface area contributed by atoms with E-state index in [1.807, 2.05) is 0 Å². The highest BCUT2D eigenvalue weighted by atomic mass is 19.1. The first-order valence-corrected chi connectivity index (χ1v) is 4.19. The number of hydrogen-bond donors (Lipinski definition) is 1. The number of hydrogen-bond acceptors (Lipinski definition) is 1. The van der Waals surface area contributed by atoms with Crippen molar-refractivity contribution in [2.45, 2.75) is 19.5 Å². The van der Waals surface area contributed by atoms with Crippen LogP contribution in [0.1, 0.15) is 17.5 Å². The number of carbonyl (C=O) groups excluding carboxylic acids is 1. The second-order valence-corrected chi connectivity index (χ2v) is 3.06. The van der Waals surface area contributed by atoms with Gasteiger partial charge in [0.2, 0.25) is 5.91 Å². The molecule has 1 aromatic carbocycles. The van der Waals surface area contributed by atoms with E-state index in [2.05, 4.69) is 11.4 Å². The fourth-order valence-corrected chi connectivity index (χ4v) is 1.51. The van der Waals surface area contributed by atoms with Crippen molar-refractivity contribution in [2.24, 2.45) is 0 Å². The Morgan fingerprint density at radius 2 is 2.31 bits per heavy atom. The lowest BCUT2D eigenvalue weighted by Gasteiger charge is -2.18. The molecule has 1 heterocycles. The number of aryl methyl sites for hydroxylation is 1. The lowest BCUT2D eigenvalue weighted by atomic mass is 10.00. The molecule has 2 rings (SSSR count). The number of halogens is 1. The van der Waals surface area contributed by atoms with E-state index in [0.29, 0.717) is 24.1 Å². The summed E-state index contributed by atoms with van der Waals surface area (Å²) in [6.07, 6.45) is 1.17. The lowest BCUT2D eigenvalue weighted by Crippen LogP contribution is -2.20. The Balaban J connectivity index is 2.46. The van der Waals surface area contributed by atoms with Gasteiger partial charge in [-0.15, -0.1) is 0 Å². The molecular formula is C10H9FNO. The van der Waals surface area contributed by atoms with Gasteiger partial charge < -0.3 is 5.32 Å². The lowest BCUT2D eigenvalue weighted by molar-refractivity contribution is -0.116. The maximum Gasteiger partial charge on any atom is 0.224 e. The van der Waals surface area contributed by atoms with Crippen LogP contribution in [0.5, 0.6) is 0 Å². The maximum atomic E-state index is 12.5. The fourth-order valence-electron chi connectivity index (χ4n) is 1.51. The van der Waals surface area contributed by atoms with Crippen molar-refractivity contribution < 1.29 is 9.18 Å². The molecule has 2 nitrogen and oxygen atoms in total. The van der Waals surface area contributed by atoms with Crippen LogP contribution in [0.3, 0.4) is 0 Å². The molecule has 1 aliphatic rings. The summed E-state index contributed by atoms with van der Waals surface area (Å²) in [5, 5.41) is 2.68. The maximum absolute atomic E-state index is 12.5. The molecule has 1 aromatic rings. The molecule has 0 aliphatic carbocycles. The number of carbonyl (C=O) groups is 1. The molecule has 13 heavy (non-hydrogen) atoms. The molecule has 1 amide bonds. The second kappa shape index (κ2) is 3.17. The Hall–Kier alpha value is -1.38. The number of alkyl halides is 1. The van der Waals surface area contributed by atoms with E-state index >= 15 is 0 Å². The average molecular weight is 178 g/mol. The van der Waals surface area contributed by atoms with E-state index in [9.17, 15) is 9.18 Å². The third-order valence-corrected chi connectivity index (χ3v) is 2.19. The zero-order chi connectivity index (χ0) is 9.26. The highest BCUT2D eigenvalue weighted by Crippen LogP contribution is 2.26. The number of nitrogens with one attached hydrogen (secondary N) is 1. The second-order valence-electron chi connectivity index (χ2n) is 3.06. The zero-order valence-corrected chi connectivity index (χ0v) is 7.06. The average Bonchev–Trinajstić information content (AvgIpc) is 2.17. The van der Waals surface area contributed by atoms with Crippen molar-refractivity contribution in [1.82, 2.24) is 0 Å². The van der Waals surface area contributed by atoms with Gasteiger partial charge in [-0.05, 0) is 30.2 Å². The first-order valence-electron chi connectivity index (χ1n) is 4.19. The number of fused-ring (bicyclic) bond motifs is 1. The highest BCUT2D eigenvalue weighted by Gasteiger charge is 2.16. The Morgan fingerprint density at radius 1 is 1.46 bits per heavy atom. The van der Waals surface area contributed by atoms with Crippen LogP contribution < -0.4 is 5.32 Å². The fraction of sp³-hybridized carbons (Fsp3) is 0.300. The van der Waals surface area contributed by atoms with E-state index in [-0.39, 0.29) is 5.91 Å². The molecule has 0 saturated carbocycles. The van der Waals surface area contributed by atoms with Crippen LogP contribution in [0.4, 0.5) is 10.1 Å². The Kier molecular flexibility index (Phi) is 2.00. The zero-order valence-electron chi connectivity index (χ0n) is 7.06. The summed E-state index contributed by atoms with van der Waals surface area (Å²) in [5.74, 6) is -0.0339. The summed E-state index contributed by atoms with van der Waals surface area (Å²) in [6.45, 7) is -0.556. The van der Waals surface area contributed by atoms with Gasteiger partial charge in [0, 0.05) is 17.7 Å². The number of benzene rings is 1. The van der Waals surface area contributed by atoms with E-state index < -0.39 is 6.67 Å². The van der Waals surface area contributed by atoms with Crippen LogP contribution in [0, 0.1) is 6.07 Å². The van der Waals surface area contributed by atoms with Crippen LogP contribution in [-0.4, -0.2) is 5.91 Å². The van der Waals surface area contributed by atoms with Gasteiger partial charge in [0.25, 0.3) is 0 Å². The summed E-state index contributed by atoms with van der Waals surface area (Å²) in [7, 11) is 0. The molecule has 1 N–H and O–H groups in total. The van der Waals surface area contributed by atoms with Gasteiger partial charge in [-0.2, -0.15) is 0 Å². The molecule has 0 atom stereocenters. The van der Waals surface area contributed by atoms with Gasteiger partial charge in [-0.25, -0.2) is 4.39 Å². The van der Waals surface area contributed by atoms with E-state index in [1.54, 1.807) is 12.1 Å². The summed E-state index contributed by atoms with van der Waals surface area (Å²) in [4.78, 5) is 11.1. The van der Waals surface area contributed by atoms with Crippen LogP contribution >= 0.6 is 0 Å². The third-order valence-electron chi connectivity index (χ3n) is 2.19. The Bertz CT molecular complexity index is 335. The van der Waals surface area contributed by atoms with Crippen LogP contribution in [0.2, 0.25) is 0 Å². The van der Waals surface area contributed by atoms with Crippen molar-refractivity contribution in [2.75, 3.05) is 5.32 Å². The molecule has 0 unspecified atom stereocenters. The van der Waals surface area contributed by atoms with E-state index in [4.69, 9.17) is 0 Å². The number of rotatable bonds is 1. The van der Waals surface area contributed by atoms with Crippen LogP contribution in [0.25, 0.3) is 0 Å².